The van der Waals surface area contributed by atoms with Gasteiger partial charge >= 0.3 is 6.01 Å². The van der Waals surface area contributed by atoms with Crippen molar-refractivity contribution in [3.63, 3.8) is 0 Å². The second-order valence-electron chi connectivity index (χ2n) is 4.59. The van der Waals surface area contributed by atoms with E-state index in [2.05, 4.69) is 15.0 Å². The van der Waals surface area contributed by atoms with Crippen LogP contribution in [0.2, 0.25) is 0 Å². The zero-order valence-electron chi connectivity index (χ0n) is 11.3. The minimum absolute atomic E-state index is 0.331. The lowest BCUT2D eigenvalue weighted by Gasteiger charge is -2.09. The van der Waals surface area contributed by atoms with Gasteiger partial charge in [-0.3, -0.25) is 4.98 Å². The molecule has 0 saturated heterocycles. The van der Waals surface area contributed by atoms with Gasteiger partial charge in [-0.2, -0.15) is 0 Å². The fourth-order valence-electron chi connectivity index (χ4n) is 2.09. The Labute approximate surface area is 116 Å². The van der Waals surface area contributed by atoms with Gasteiger partial charge in [0, 0.05) is 23.0 Å². The molecule has 1 aromatic carbocycles. The van der Waals surface area contributed by atoms with Crippen molar-refractivity contribution in [3.05, 3.63) is 47.9 Å². The molecule has 0 fully saturated rings. The highest BCUT2D eigenvalue weighted by atomic mass is 16.5. The fourth-order valence-corrected chi connectivity index (χ4v) is 2.09. The highest BCUT2D eigenvalue weighted by Crippen LogP contribution is 2.30. The van der Waals surface area contributed by atoms with Gasteiger partial charge in [-0.15, -0.1) is 0 Å². The molecule has 2 heterocycles. The second-order valence-corrected chi connectivity index (χ2v) is 4.59. The number of hydrogen-bond donors (Lipinski definition) is 1. The lowest BCUT2D eigenvalue weighted by Crippen LogP contribution is -1.97. The Morgan fingerprint density at radius 1 is 1.05 bits per heavy atom. The number of nitrogens with two attached hydrogens (primary N) is 1. The maximum Gasteiger partial charge on any atom is 0.322 e. The van der Waals surface area contributed by atoms with E-state index in [4.69, 9.17) is 10.5 Å². The van der Waals surface area contributed by atoms with E-state index in [1.165, 1.54) is 0 Å². The number of nitrogens with zero attached hydrogens (tertiary/aromatic N) is 3. The predicted molar refractivity (Wildman–Crippen MR) is 77.7 cm³/mol. The summed E-state index contributed by atoms with van der Waals surface area (Å²) in [6, 6.07) is 9.56. The molecule has 0 spiro atoms. The molecule has 0 atom stereocenters. The van der Waals surface area contributed by atoms with E-state index in [9.17, 15) is 0 Å². The van der Waals surface area contributed by atoms with Crippen LogP contribution in [0.3, 0.4) is 0 Å². The van der Waals surface area contributed by atoms with Gasteiger partial charge in [0.2, 0.25) is 0 Å². The van der Waals surface area contributed by atoms with Crippen molar-refractivity contribution in [3.8, 4) is 11.8 Å². The Hall–Kier alpha value is -2.69. The van der Waals surface area contributed by atoms with Gasteiger partial charge in [0.15, 0.2) is 0 Å². The average molecular weight is 266 g/mol. The van der Waals surface area contributed by atoms with E-state index >= 15 is 0 Å². The highest BCUT2D eigenvalue weighted by Gasteiger charge is 2.09. The Kier molecular flexibility index (Phi) is 2.95. The third-order valence-electron chi connectivity index (χ3n) is 2.92. The number of anilines is 1. The number of aryl methyl sites for hydroxylation is 2. The molecular formula is C15H14N4O. The molecule has 0 amide bonds. The molecule has 2 N–H and O–H groups in total. The smallest absolute Gasteiger partial charge is 0.322 e. The molecule has 0 unspecified atom stereocenters. The van der Waals surface area contributed by atoms with Gasteiger partial charge in [-0.05, 0) is 44.2 Å². The van der Waals surface area contributed by atoms with E-state index in [1.807, 2.05) is 32.0 Å². The van der Waals surface area contributed by atoms with Crippen LogP contribution < -0.4 is 10.5 Å². The first-order valence-electron chi connectivity index (χ1n) is 6.27. The van der Waals surface area contributed by atoms with E-state index in [0.29, 0.717) is 17.4 Å². The predicted octanol–water partition coefficient (Wildman–Crippen LogP) is 3.02. The molecule has 3 rings (SSSR count). The quantitative estimate of drug-likeness (QED) is 0.722. The van der Waals surface area contributed by atoms with Crippen LogP contribution >= 0.6 is 0 Å². The number of aromatic nitrogens is 3. The van der Waals surface area contributed by atoms with Crippen LogP contribution in [0.25, 0.3) is 10.9 Å². The molecule has 100 valence electrons. The summed E-state index contributed by atoms with van der Waals surface area (Å²) in [7, 11) is 0. The molecule has 2 aromatic heterocycles. The van der Waals surface area contributed by atoms with Crippen LogP contribution in [0, 0.1) is 13.8 Å². The molecule has 20 heavy (non-hydrogen) atoms. The number of hydrogen-bond acceptors (Lipinski definition) is 5. The van der Waals surface area contributed by atoms with E-state index in [1.54, 1.807) is 18.3 Å². The monoisotopic (exact) mass is 266 g/mol. The maximum absolute atomic E-state index is 5.92. The fraction of sp³-hybridized carbons (Fsp3) is 0.133. The number of benzene rings is 1. The zero-order chi connectivity index (χ0) is 14.1. The van der Waals surface area contributed by atoms with Crippen LogP contribution in [0.1, 0.15) is 11.4 Å². The minimum atomic E-state index is 0.331. The van der Waals surface area contributed by atoms with Crippen molar-refractivity contribution in [2.45, 2.75) is 13.8 Å². The number of fused-ring (bicyclic) bond motifs is 1. The first-order chi connectivity index (χ1) is 9.63. The van der Waals surface area contributed by atoms with Crippen molar-refractivity contribution in [1.82, 2.24) is 15.0 Å². The zero-order valence-corrected chi connectivity index (χ0v) is 11.3. The van der Waals surface area contributed by atoms with Crippen LogP contribution in [-0.4, -0.2) is 15.0 Å². The van der Waals surface area contributed by atoms with Gasteiger partial charge in [0.05, 0.1) is 11.2 Å². The number of nitrogen functional groups attached to an aromatic ring is 1. The van der Waals surface area contributed by atoms with E-state index in [0.717, 1.165) is 22.3 Å². The third-order valence-corrected chi connectivity index (χ3v) is 2.92. The Morgan fingerprint density at radius 3 is 2.55 bits per heavy atom. The van der Waals surface area contributed by atoms with Gasteiger partial charge < -0.3 is 10.5 Å². The molecule has 0 radical (unpaired) electrons. The summed E-state index contributed by atoms with van der Waals surface area (Å²) in [6.45, 7) is 3.81. The molecule has 0 aliphatic heterocycles. The lowest BCUT2D eigenvalue weighted by molar-refractivity contribution is 0.443. The van der Waals surface area contributed by atoms with Gasteiger partial charge in [-0.1, -0.05) is 0 Å². The Morgan fingerprint density at radius 2 is 1.80 bits per heavy atom. The van der Waals surface area contributed by atoms with Crippen molar-refractivity contribution in [2.75, 3.05) is 5.73 Å². The molecule has 5 nitrogen and oxygen atoms in total. The summed E-state index contributed by atoms with van der Waals surface area (Å²) in [4.78, 5) is 12.8. The van der Waals surface area contributed by atoms with Crippen LogP contribution in [0.15, 0.2) is 36.5 Å². The topological polar surface area (TPSA) is 73.9 Å². The molecule has 0 saturated carbocycles. The highest BCUT2D eigenvalue weighted by molar-refractivity contribution is 5.93. The average Bonchev–Trinajstić information content (AvgIpc) is 2.41. The summed E-state index contributed by atoms with van der Waals surface area (Å²) >= 11 is 0. The number of rotatable bonds is 2. The van der Waals surface area contributed by atoms with Gasteiger partial charge in [0.25, 0.3) is 0 Å². The van der Waals surface area contributed by atoms with Crippen LogP contribution in [0.4, 0.5) is 5.69 Å². The first kappa shape index (κ1) is 12.3. The van der Waals surface area contributed by atoms with Crippen molar-refractivity contribution >= 4 is 16.6 Å². The summed E-state index contributed by atoms with van der Waals surface area (Å²) in [6.07, 6.45) is 1.70. The van der Waals surface area contributed by atoms with Crippen molar-refractivity contribution in [1.29, 1.82) is 0 Å². The summed E-state index contributed by atoms with van der Waals surface area (Å²) in [5.74, 6) is 0.646. The van der Waals surface area contributed by atoms with E-state index < -0.39 is 0 Å². The third kappa shape index (κ3) is 2.25. The molecular weight excluding hydrogens is 252 g/mol. The van der Waals surface area contributed by atoms with Gasteiger partial charge in [-0.25, -0.2) is 9.97 Å². The number of pyridine rings is 1. The largest absolute Gasteiger partial charge is 0.424 e. The molecule has 3 aromatic rings. The molecule has 5 heteroatoms. The first-order valence-corrected chi connectivity index (χ1v) is 6.27. The van der Waals surface area contributed by atoms with Crippen LogP contribution in [0.5, 0.6) is 11.8 Å². The second kappa shape index (κ2) is 4.77. The molecule has 0 aliphatic carbocycles. The van der Waals surface area contributed by atoms with Gasteiger partial charge in [0.1, 0.15) is 5.75 Å². The lowest BCUT2D eigenvalue weighted by atomic mass is 10.2. The Bertz CT molecular complexity index is 766. The molecule has 0 aliphatic rings. The maximum atomic E-state index is 5.92. The van der Waals surface area contributed by atoms with Crippen LogP contribution in [-0.2, 0) is 0 Å². The van der Waals surface area contributed by atoms with Crippen molar-refractivity contribution in [2.24, 2.45) is 0 Å². The minimum Gasteiger partial charge on any atom is -0.424 e. The summed E-state index contributed by atoms with van der Waals surface area (Å²) in [5.41, 5.74) is 8.99. The molecule has 0 bridgehead atoms. The summed E-state index contributed by atoms with van der Waals surface area (Å²) < 4.78 is 5.79. The normalized spacial score (nSPS) is 10.7. The number of ether oxygens (including phenoxy) is 1. The Balaban J connectivity index is 2.09. The van der Waals surface area contributed by atoms with Crippen molar-refractivity contribution < 1.29 is 4.74 Å². The standard InChI is InChI=1S/C15H14N4O/c1-9-8-10(2)19-15(18-9)20-13-6-5-12(16)14-11(13)4-3-7-17-14/h3-8H,16H2,1-2H3. The van der Waals surface area contributed by atoms with E-state index in [-0.39, 0.29) is 0 Å². The summed E-state index contributed by atoms with van der Waals surface area (Å²) in [5, 5.41) is 0.843. The SMILES string of the molecule is Cc1cc(C)nc(Oc2ccc(N)c3ncccc23)n1.